The van der Waals surface area contributed by atoms with Crippen LogP contribution in [0.4, 0.5) is 5.69 Å². The summed E-state index contributed by atoms with van der Waals surface area (Å²) in [4.78, 5) is 34.4. The standard InChI is InChI=1S/C9H6N2O5/c12-5-3-1-2-4-6(5)8(13)7(11(15)16)9(14)10-4/h1-2H,3H2,(H2,10,13,14). The van der Waals surface area contributed by atoms with Gasteiger partial charge in [0, 0.05) is 6.42 Å². The molecule has 0 bridgehead atoms. The number of aromatic nitrogens is 1. The summed E-state index contributed by atoms with van der Waals surface area (Å²) in [5, 5.41) is 20.1. The van der Waals surface area contributed by atoms with Gasteiger partial charge in [-0.2, -0.15) is 0 Å². The minimum atomic E-state index is -1.03. The van der Waals surface area contributed by atoms with Crippen molar-refractivity contribution in [1.29, 1.82) is 0 Å². The fraction of sp³-hybridized carbons (Fsp3) is 0.111. The van der Waals surface area contributed by atoms with E-state index in [2.05, 4.69) is 4.98 Å². The summed E-state index contributed by atoms with van der Waals surface area (Å²) in [6.45, 7) is 0. The predicted octanol–water partition coefficient (Wildman–Crippen LogP) is 0.588. The van der Waals surface area contributed by atoms with Crippen molar-refractivity contribution >= 4 is 17.5 Å². The highest BCUT2D eigenvalue weighted by molar-refractivity contribution is 6.05. The lowest BCUT2D eigenvalue weighted by Crippen LogP contribution is -2.18. The van der Waals surface area contributed by atoms with Crippen molar-refractivity contribution in [1.82, 2.24) is 4.98 Å². The molecule has 0 aromatic carbocycles. The molecule has 0 atom stereocenters. The average molecular weight is 222 g/mol. The summed E-state index contributed by atoms with van der Waals surface area (Å²) >= 11 is 0. The topological polar surface area (TPSA) is 113 Å². The zero-order valence-electron chi connectivity index (χ0n) is 7.89. The Balaban J connectivity index is 2.85. The summed E-state index contributed by atoms with van der Waals surface area (Å²) in [6, 6.07) is 0. The molecule has 0 fully saturated rings. The molecule has 2 N–H and O–H groups in total. The molecule has 1 aliphatic rings. The first-order valence-electron chi connectivity index (χ1n) is 4.35. The molecular formula is C9H6N2O5. The summed E-state index contributed by atoms with van der Waals surface area (Å²) in [7, 11) is 0. The second-order valence-corrected chi connectivity index (χ2v) is 3.23. The molecule has 1 heterocycles. The number of ketones is 1. The number of nitro groups is 1. The van der Waals surface area contributed by atoms with Crippen LogP contribution in [0.3, 0.4) is 0 Å². The number of nitrogens with zero attached hydrogens (tertiary/aromatic N) is 1. The van der Waals surface area contributed by atoms with E-state index in [0.29, 0.717) is 0 Å². The molecule has 1 aromatic heterocycles. The first-order chi connectivity index (χ1) is 7.52. The maximum atomic E-state index is 11.4. The second kappa shape index (κ2) is 3.30. The van der Waals surface area contributed by atoms with Gasteiger partial charge >= 0.3 is 11.2 Å². The smallest absolute Gasteiger partial charge is 0.375 e. The van der Waals surface area contributed by atoms with Crippen LogP contribution in [-0.2, 0) is 0 Å². The van der Waals surface area contributed by atoms with Crippen molar-refractivity contribution in [2.75, 3.05) is 0 Å². The van der Waals surface area contributed by atoms with Gasteiger partial charge < -0.3 is 10.1 Å². The Morgan fingerprint density at radius 1 is 1.44 bits per heavy atom. The first kappa shape index (κ1) is 10.1. The lowest BCUT2D eigenvalue weighted by Gasteiger charge is -2.09. The number of pyridine rings is 1. The van der Waals surface area contributed by atoms with E-state index < -0.39 is 27.7 Å². The van der Waals surface area contributed by atoms with E-state index in [-0.39, 0.29) is 17.7 Å². The van der Waals surface area contributed by atoms with Gasteiger partial charge in [-0.25, -0.2) is 0 Å². The van der Waals surface area contributed by atoms with Crippen LogP contribution in [0, 0.1) is 10.1 Å². The Kier molecular flexibility index (Phi) is 2.08. The van der Waals surface area contributed by atoms with Crippen LogP contribution >= 0.6 is 0 Å². The second-order valence-electron chi connectivity index (χ2n) is 3.23. The summed E-state index contributed by atoms with van der Waals surface area (Å²) in [5.74, 6) is -1.33. The SMILES string of the molecule is O=C1CC=Cc2[nH]c(=O)c([N+](=O)[O-])c(O)c21. The van der Waals surface area contributed by atoms with Crippen molar-refractivity contribution in [2.45, 2.75) is 6.42 Å². The Hall–Kier alpha value is -2.44. The third kappa shape index (κ3) is 1.29. The molecule has 1 aliphatic carbocycles. The van der Waals surface area contributed by atoms with Gasteiger partial charge in [-0.15, -0.1) is 0 Å². The quantitative estimate of drug-likeness (QED) is 0.533. The number of Topliss-reactive ketones (excluding diaryl/α,β-unsaturated/α-hetero) is 1. The molecule has 16 heavy (non-hydrogen) atoms. The molecule has 7 nitrogen and oxygen atoms in total. The largest absolute Gasteiger partial charge is 0.501 e. The van der Waals surface area contributed by atoms with Crippen LogP contribution in [-0.4, -0.2) is 20.8 Å². The third-order valence-electron chi connectivity index (χ3n) is 2.24. The summed E-state index contributed by atoms with van der Waals surface area (Å²) in [5.41, 5.74) is -2.12. The minimum Gasteiger partial charge on any atom is -0.501 e. The Morgan fingerprint density at radius 2 is 2.12 bits per heavy atom. The average Bonchev–Trinajstić information content (AvgIpc) is 2.15. The number of nitrogens with one attached hydrogen (secondary N) is 1. The molecular weight excluding hydrogens is 216 g/mol. The van der Waals surface area contributed by atoms with Gasteiger partial charge in [-0.1, -0.05) is 6.08 Å². The van der Waals surface area contributed by atoms with Crippen LogP contribution in [0.5, 0.6) is 5.75 Å². The molecule has 2 rings (SSSR count). The highest BCUT2D eigenvalue weighted by Gasteiger charge is 2.29. The molecule has 0 aliphatic heterocycles. The Bertz CT molecular complexity index is 584. The van der Waals surface area contributed by atoms with Crippen molar-refractivity contribution in [3.05, 3.63) is 37.8 Å². The zero-order chi connectivity index (χ0) is 11.9. The molecule has 7 heteroatoms. The number of carbonyl (C=O) groups is 1. The third-order valence-corrected chi connectivity index (χ3v) is 2.24. The fourth-order valence-electron chi connectivity index (χ4n) is 1.56. The predicted molar refractivity (Wildman–Crippen MR) is 53.4 cm³/mol. The van der Waals surface area contributed by atoms with E-state index in [1.807, 2.05) is 0 Å². The lowest BCUT2D eigenvalue weighted by molar-refractivity contribution is -0.387. The molecule has 82 valence electrons. The van der Waals surface area contributed by atoms with Crippen LogP contribution < -0.4 is 5.56 Å². The number of allylic oxidation sites excluding steroid dienone is 1. The Morgan fingerprint density at radius 3 is 2.75 bits per heavy atom. The normalized spacial score (nSPS) is 13.6. The first-order valence-corrected chi connectivity index (χ1v) is 4.35. The zero-order valence-corrected chi connectivity index (χ0v) is 7.89. The minimum absolute atomic E-state index is 0.0454. The maximum Gasteiger partial charge on any atom is 0.375 e. The van der Waals surface area contributed by atoms with Gasteiger partial charge in [0.2, 0.25) is 5.75 Å². The monoisotopic (exact) mass is 222 g/mol. The van der Waals surface area contributed by atoms with E-state index in [1.165, 1.54) is 12.2 Å². The number of hydrogen-bond acceptors (Lipinski definition) is 5. The van der Waals surface area contributed by atoms with E-state index in [1.54, 1.807) is 0 Å². The molecule has 0 radical (unpaired) electrons. The summed E-state index contributed by atoms with van der Waals surface area (Å²) < 4.78 is 0. The van der Waals surface area contributed by atoms with E-state index in [0.717, 1.165) is 0 Å². The number of fused-ring (bicyclic) bond motifs is 1. The summed E-state index contributed by atoms with van der Waals surface area (Å²) in [6.07, 6.45) is 2.98. The molecule has 0 saturated carbocycles. The van der Waals surface area contributed by atoms with Crippen LogP contribution in [0.25, 0.3) is 6.08 Å². The molecule has 0 amide bonds. The molecule has 1 aromatic rings. The van der Waals surface area contributed by atoms with Gasteiger partial charge in [0.25, 0.3) is 0 Å². The van der Waals surface area contributed by atoms with Crippen molar-refractivity contribution < 1.29 is 14.8 Å². The number of H-pyrrole nitrogens is 1. The maximum absolute atomic E-state index is 11.4. The van der Waals surface area contributed by atoms with Crippen LogP contribution in [0.2, 0.25) is 0 Å². The van der Waals surface area contributed by atoms with Crippen LogP contribution in [0.1, 0.15) is 22.5 Å². The van der Waals surface area contributed by atoms with E-state index >= 15 is 0 Å². The van der Waals surface area contributed by atoms with Crippen molar-refractivity contribution in [2.24, 2.45) is 0 Å². The van der Waals surface area contributed by atoms with Gasteiger partial charge in [0.1, 0.15) is 0 Å². The number of hydrogen-bond donors (Lipinski definition) is 2. The molecule has 0 spiro atoms. The number of carbonyl (C=O) groups excluding carboxylic acids is 1. The highest BCUT2D eigenvalue weighted by atomic mass is 16.6. The number of rotatable bonds is 1. The molecule has 0 unspecified atom stereocenters. The molecule has 0 saturated heterocycles. The van der Waals surface area contributed by atoms with E-state index in [9.17, 15) is 24.8 Å². The Labute approximate surface area is 88.2 Å². The number of aromatic amines is 1. The fourth-order valence-corrected chi connectivity index (χ4v) is 1.56. The van der Waals surface area contributed by atoms with Gasteiger partial charge in [0.15, 0.2) is 5.78 Å². The van der Waals surface area contributed by atoms with E-state index in [4.69, 9.17) is 0 Å². The van der Waals surface area contributed by atoms with Gasteiger partial charge in [0.05, 0.1) is 16.2 Å². The van der Waals surface area contributed by atoms with Crippen molar-refractivity contribution in [3.8, 4) is 5.75 Å². The van der Waals surface area contributed by atoms with Crippen LogP contribution in [0.15, 0.2) is 10.9 Å². The lowest BCUT2D eigenvalue weighted by atomic mass is 9.99. The van der Waals surface area contributed by atoms with Gasteiger partial charge in [-0.05, 0) is 6.08 Å². The number of aromatic hydroxyl groups is 1. The van der Waals surface area contributed by atoms with Crippen molar-refractivity contribution in [3.63, 3.8) is 0 Å². The highest BCUT2D eigenvalue weighted by Crippen LogP contribution is 2.31. The van der Waals surface area contributed by atoms with Gasteiger partial charge in [-0.3, -0.25) is 19.7 Å².